The van der Waals surface area contributed by atoms with Crippen molar-refractivity contribution in [3.63, 3.8) is 0 Å². The Hall–Kier alpha value is -4.26. The Morgan fingerprint density at radius 3 is 2.38 bits per heavy atom. The van der Waals surface area contributed by atoms with Crippen LogP contribution in [0.25, 0.3) is 16.9 Å². The molecule has 2 heterocycles. The molecule has 0 spiro atoms. The second-order valence-electron chi connectivity index (χ2n) is 7.88. The van der Waals surface area contributed by atoms with Gasteiger partial charge in [-0.25, -0.2) is 4.39 Å². The molecule has 2 aromatic heterocycles. The Morgan fingerprint density at radius 2 is 1.71 bits per heavy atom. The largest absolute Gasteiger partial charge is 0.350 e. The topological polar surface area (TPSA) is 76.0 Å². The molecule has 4 rings (SSSR count). The van der Waals surface area contributed by atoms with Crippen molar-refractivity contribution in [1.82, 2.24) is 14.9 Å². The number of carbonyl (C=O) groups excluding carboxylic acids is 2. The third kappa shape index (κ3) is 5.75. The van der Waals surface area contributed by atoms with E-state index in [4.69, 9.17) is 0 Å². The van der Waals surface area contributed by atoms with Crippen LogP contribution in [0.15, 0.2) is 85.1 Å². The van der Waals surface area contributed by atoms with E-state index < -0.39 is 0 Å². The molecule has 0 aliphatic carbocycles. The van der Waals surface area contributed by atoms with Gasteiger partial charge in [-0.2, -0.15) is 0 Å². The molecule has 0 atom stereocenters. The summed E-state index contributed by atoms with van der Waals surface area (Å²) in [7, 11) is 0. The van der Waals surface area contributed by atoms with E-state index >= 15 is 0 Å². The minimum Gasteiger partial charge on any atom is -0.350 e. The van der Waals surface area contributed by atoms with E-state index in [1.807, 2.05) is 54.6 Å². The molecule has 0 radical (unpaired) electrons. The summed E-state index contributed by atoms with van der Waals surface area (Å²) in [6.07, 6.45) is 2.52. The van der Waals surface area contributed by atoms with Gasteiger partial charge in [0.15, 0.2) is 0 Å². The van der Waals surface area contributed by atoms with Crippen LogP contribution in [0.4, 0.5) is 10.1 Å². The lowest BCUT2D eigenvalue weighted by atomic mass is 10.1. The van der Waals surface area contributed by atoms with Crippen LogP contribution >= 0.6 is 0 Å². The molecule has 2 N–H and O–H groups in total. The fourth-order valence-electron chi connectivity index (χ4n) is 3.74. The number of amides is 2. The maximum atomic E-state index is 13.5. The summed E-state index contributed by atoms with van der Waals surface area (Å²) in [6.45, 7) is 1.84. The minimum atomic E-state index is -0.300. The fourth-order valence-corrected chi connectivity index (χ4v) is 3.74. The van der Waals surface area contributed by atoms with E-state index in [1.54, 1.807) is 18.3 Å². The summed E-state index contributed by atoms with van der Waals surface area (Å²) in [5, 5.41) is 5.67. The van der Waals surface area contributed by atoms with Gasteiger partial charge >= 0.3 is 0 Å². The van der Waals surface area contributed by atoms with Gasteiger partial charge in [-0.15, -0.1) is 0 Å². The number of nitrogens with one attached hydrogen (secondary N) is 2. The average molecular weight is 457 g/mol. The highest BCUT2D eigenvalue weighted by Gasteiger charge is 2.14. The van der Waals surface area contributed by atoms with E-state index in [2.05, 4.69) is 20.2 Å². The zero-order valence-electron chi connectivity index (χ0n) is 18.8. The average Bonchev–Trinajstić information content (AvgIpc) is 3.26. The Labute approximate surface area is 197 Å². The summed E-state index contributed by atoms with van der Waals surface area (Å²) < 4.78 is 15.5. The zero-order valence-corrected chi connectivity index (χ0v) is 18.8. The predicted octanol–water partition coefficient (Wildman–Crippen LogP) is 4.89. The number of hydrogen-bond donors (Lipinski definition) is 2. The van der Waals surface area contributed by atoms with Crippen molar-refractivity contribution in [2.45, 2.75) is 26.3 Å². The molecular weight excluding hydrogens is 431 g/mol. The van der Waals surface area contributed by atoms with Gasteiger partial charge in [0.25, 0.3) is 0 Å². The lowest BCUT2D eigenvalue weighted by Gasteiger charge is -2.15. The van der Waals surface area contributed by atoms with Gasteiger partial charge in [0, 0.05) is 36.6 Å². The number of carbonyl (C=O) groups is 2. The van der Waals surface area contributed by atoms with Gasteiger partial charge < -0.3 is 15.2 Å². The first-order valence-corrected chi connectivity index (χ1v) is 11.0. The number of aromatic nitrogens is 2. The summed E-state index contributed by atoms with van der Waals surface area (Å²) in [5.74, 6) is -0.507. The molecule has 2 amide bonds. The van der Waals surface area contributed by atoms with Crippen molar-refractivity contribution < 1.29 is 14.0 Å². The van der Waals surface area contributed by atoms with Gasteiger partial charge in [-0.1, -0.05) is 6.07 Å². The van der Waals surface area contributed by atoms with Crippen LogP contribution < -0.4 is 10.6 Å². The van der Waals surface area contributed by atoms with Crippen molar-refractivity contribution in [2.24, 2.45) is 0 Å². The highest BCUT2D eigenvalue weighted by Crippen LogP contribution is 2.28. The number of anilines is 1. The molecule has 0 saturated heterocycles. The molecule has 0 aliphatic heterocycles. The van der Waals surface area contributed by atoms with Crippen molar-refractivity contribution in [3.8, 4) is 16.9 Å². The molecule has 0 saturated carbocycles. The molecule has 0 fully saturated rings. The number of halogens is 1. The predicted molar refractivity (Wildman–Crippen MR) is 130 cm³/mol. The third-order valence-corrected chi connectivity index (χ3v) is 5.35. The first-order valence-electron chi connectivity index (χ1n) is 11.0. The van der Waals surface area contributed by atoms with Gasteiger partial charge in [0.2, 0.25) is 11.8 Å². The van der Waals surface area contributed by atoms with E-state index in [-0.39, 0.29) is 17.6 Å². The summed E-state index contributed by atoms with van der Waals surface area (Å²) in [4.78, 5) is 28.0. The van der Waals surface area contributed by atoms with Crippen LogP contribution in [0.2, 0.25) is 0 Å². The van der Waals surface area contributed by atoms with Crippen LogP contribution in [0, 0.1) is 5.82 Å². The Bertz CT molecular complexity index is 1270. The highest BCUT2D eigenvalue weighted by molar-refractivity contribution is 5.88. The Kier molecular flexibility index (Phi) is 7.13. The molecule has 2 aromatic carbocycles. The normalized spacial score (nSPS) is 10.6. The van der Waals surface area contributed by atoms with Crippen LogP contribution in [0.3, 0.4) is 0 Å². The quantitative estimate of drug-likeness (QED) is 0.397. The van der Waals surface area contributed by atoms with Crippen molar-refractivity contribution >= 4 is 17.5 Å². The highest BCUT2D eigenvalue weighted by atomic mass is 19.1. The van der Waals surface area contributed by atoms with Gasteiger partial charge in [0.1, 0.15) is 5.82 Å². The van der Waals surface area contributed by atoms with Crippen LogP contribution in [-0.4, -0.2) is 21.4 Å². The lowest BCUT2D eigenvalue weighted by molar-refractivity contribution is -0.121. The second-order valence-corrected chi connectivity index (χ2v) is 7.88. The summed E-state index contributed by atoms with van der Waals surface area (Å²) in [5.41, 5.74) is 5.07. The molecule has 4 aromatic rings. The van der Waals surface area contributed by atoms with E-state index in [9.17, 15) is 14.0 Å². The Morgan fingerprint density at radius 1 is 0.941 bits per heavy atom. The molecule has 7 heteroatoms. The Balaban J connectivity index is 1.56. The number of pyridine rings is 1. The van der Waals surface area contributed by atoms with Gasteiger partial charge in [-0.3, -0.25) is 14.6 Å². The molecule has 172 valence electrons. The van der Waals surface area contributed by atoms with E-state index in [0.29, 0.717) is 25.1 Å². The summed E-state index contributed by atoms with van der Waals surface area (Å²) >= 11 is 0. The summed E-state index contributed by atoms with van der Waals surface area (Å²) in [6, 6.07) is 23.3. The standard InChI is InChI=1S/C27H25FN4O2/c1-19(33)31-22-9-11-24(12-10-22)32-25(13-15-26(32)20-5-7-21(28)8-6-20)14-16-27(34)30-18-23-4-2-3-17-29-23/h2-13,15,17H,14,16,18H2,1H3,(H,30,34)(H,31,33). The molecule has 0 bridgehead atoms. The smallest absolute Gasteiger partial charge is 0.221 e. The zero-order chi connectivity index (χ0) is 23.9. The van der Waals surface area contributed by atoms with Gasteiger partial charge in [0.05, 0.1) is 17.9 Å². The third-order valence-electron chi connectivity index (χ3n) is 5.35. The van der Waals surface area contributed by atoms with Crippen LogP contribution in [0.5, 0.6) is 0 Å². The van der Waals surface area contributed by atoms with Gasteiger partial charge in [-0.05, 0) is 84.8 Å². The van der Waals surface area contributed by atoms with Crippen molar-refractivity contribution in [3.05, 3.63) is 102 Å². The van der Waals surface area contributed by atoms with E-state index in [0.717, 1.165) is 28.3 Å². The van der Waals surface area contributed by atoms with Crippen molar-refractivity contribution in [1.29, 1.82) is 0 Å². The first-order chi connectivity index (χ1) is 16.5. The first kappa shape index (κ1) is 22.9. The maximum Gasteiger partial charge on any atom is 0.221 e. The molecule has 34 heavy (non-hydrogen) atoms. The minimum absolute atomic E-state index is 0.0669. The SMILES string of the molecule is CC(=O)Nc1ccc(-n2c(CCC(=O)NCc3ccccn3)ccc2-c2ccc(F)cc2)cc1. The van der Waals surface area contributed by atoms with E-state index in [1.165, 1.54) is 19.1 Å². The van der Waals surface area contributed by atoms with Crippen LogP contribution in [-0.2, 0) is 22.6 Å². The number of aryl methyl sites for hydroxylation is 1. The second kappa shape index (κ2) is 10.6. The number of benzene rings is 2. The fraction of sp³-hybridized carbons (Fsp3) is 0.148. The van der Waals surface area contributed by atoms with Crippen LogP contribution in [0.1, 0.15) is 24.7 Å². The molecular formula is C27H25FN4O2. The maximum absolute atomic E-state index is 13.5. The van der Waals surface area contributed by atoms with Crippen molar-refractivity contribution in [2.75, 3.05) is 5.32 Å². The number of nitrogens with zero attached hydrogens (tertiary/aromatic N) is 2. The number of hydrogen-bond acceptors (Lipinski definition) is 3. The molecule has 0 aliphatic rings. The number of rotatable bonds is 8. The monoisotopic (exact) mass is 456 g/mol. The lowest BCUT2D eigenvalue weighted by Crippen LogP contribution is -2.23. The molecule has 6 nitrogen and oxygen atoms in total. The molecule has 0 unspecified atom stereocenters.